The van der Waals surface area contributed by atoms with E-state index in [0.717, 1.165) is 5.56 Å². The van der Waals surface area contributed by atoms with Crippen LogP contribution >= 0.6 is 0 Å². The molecule has 10 heteroatoms. The molecule has 1 aliphatic heterocycles. The first-order chi connectivity index (χ1) is 18.2. The molecule has 0 aromatic heterocycles. The average Bonchev–Trinajstić information content (AvgIpc) is 3.34. The Morgan fingerprint density at radius 2 is 1.67 bits per heavy atom. The fraction of sp³-hybridized carbons (Fsp3) is 0.655. The van der Waals surface area contributed by atoms with Crippen LogP contribution in [0, 0.1) is 11.8 Å². The molecule has 0 aliphatic carbocycles. The zero-order valence-electron chi connectivity index (χ0n) is 24.2. The van der Waals surface area contributed by atoms with Gasteiger partial charge >= 0.3 is 12.1 Å². The van der Waals surface area contributed by atoms with Crippen LogP contribution in [-0.2, 0) is 30.5 Å². The SMILES string of the molecule is CC(C)C[C@@H](NC(=O)C(O)C1CCCN1C(=O)OC(C)(C)C)C(=O)NC(C(=O)OCc1ccccc1)C(C)C. The van der Waals surface area contributed by atoms with Gasteiger partial charge in [-0.3, -0.25) is 9.59 Å². The summed E-state index contributed by atoms with van der Waals surface area (Å²) in [4.78, 5) is 53.2. The zero-order chi connectivity index (χ0) is 29.3. The average molecular weight is 548 g/mol. The van der Waals surface area contributed by atoms with Gasteiger partial charge in [0.05, 0.1) is 6.04 Å². The fourth-order valence-electron chi connectivity index (χ4n) is 4.37. The smallest absolute Gasteiger partial charge is 0.410 e. The predicted molar refractivity (Wildman–Crippen MR) is 146 cm³/mol. The van der Waals surface area contributed by atoms with Crippen molar-refractivity contribution in [1.29, 1.82) is 0 Å². The van der Waals surface area contributed by atoms with Crippen LogP contribution in [0.4, 0.5) is 4.79 Å². The Morgan fingerprint density at radius 3 is 2.23 bits per heavy atom. The summed E-state index contributed by atoms with van der Waals surface area (Å²) in [5.74, 6) is -2.11. The highest BCUT2D eigenvalue weighted by Crippen LogP contribution is 2.23. The van der Waals surface area contributed by atoms with Crippen LogP contribution in [0.5, 0.6) is 0 Å². The molecule has 3 amide bonds. The Labute approximate surface area is 231 Å². The molecule has 3 unspecified atom stereocenters. The molecule has 1 heterocycles. The van der Waals surface area contributed by atoms with E-state index < -0.39 is 53.7 Å². The molecule has 1 saturated heterocycles. The second-order valence-corrected chi connectivity index (χ2v) is 11.8. The van der Waals surface area contributed by atoms with E-state index in [4.69, 9.17) is 9.47 Å². The Balaban J connectivity index is 2.07. The van der Waals surface area contributed by atoms with Gasteiger partial charge in [0.1, 0.15) is 24.3 Å². The van der Waals surface area contributed by atoms with Crippen LogP contribution in [0.25, 0.3) is 0 Å². The summed E-state index contributed by atoms with van der Waals surface area (Å²) in [5, 5.41) is 16.2. The number of carbonyl (C=O) groups is 4. The normalized spacial score (nSPS) is 17.9. The maximum absolute atomic E-state index is 13.3. The van der Waals surface area contributed by atoms with Crippen LogP contribution in [0.3, 0.4) is 0 Å². The Bertz CT molecular complexity index is 975. The lowest BCUT2D eigenvalue weighted by molar-refractivity contribution is -0.150. The molecule has 3 N–H and O–H groups in total. The van der Waals surface area contributed by atoms with Gasteiger partial charge in [0.25, 0.3) is 5.91 Å². The summed E-state index contributed by atoms with van der Waals surface area (Å²) >= 11 is 0. The number of likely N-dealkylation sites (tertiary alicyclic amines) is 1. The van der Waals surface area contributed by atoms with Crippen LogP contribution < -0.4 is 10.6 Å². The molecule has 4 atom stereocenters. The summed E-state index contributed by atoms with van der Waals surface area (Å²) in [5.41, 5.74) is 0.110. The maximum atomic E-state index is 13.3. The highest BCUT2D eigenvalue weighted by molar-refractivity contribution is 5.92. The number of aliphatic hydroxyl groups is 1. The second kappa shape index (κ2) is 14.3. The summed E-state index contributed by atoms with van der Waals surface area (Å²) in [6.45, 7) is 13.1. The third kappa shape index (κ3) is 10.2. The van der Waals surface area contributed by atoms with Crippen molar-refractivity contribution in [3.63, 3.8) is 0 Å². The molecule has 0 bridgehead atoms. The lowest BCUT2D eigenvalue weighted by atomic mass is 9.99. The number of benzene rings is 1. The molecule has 39 heavy (non-hydrogen) atoms. The number of aliphatic hydroxyl groups excluding tert-OH is 1. The van der Waals surface area contributed by atoms with Crippen molar-refractivity contribution in [3.05, 3.63) is 35.9 Å². The van der Waals surface area contributed by atoms with Gasteiger partial charge in [-0.25, -0.2) is 9.59 Å². The van der Waals surface area contributed by atoms with Gasteiger partial charge in [-0.05, 0) is 57.4 Å². The fourth-order valence-corrected chi connectivity index (χ4v) is 4.37. The zero-order valence-corrected chi connectivity index (χ0v) is 24.2. The number of hydrogen-bond donors (Lipinski definition) is 3. The van der Waals surface area contributed by atoms with Crippen molar-refractivity contribution in [2.45, 2.75) is 104 Å². The molecule has 1 aromatic carbocycles. The first kappa shape index (κ1) is 32.1. The highest BCUT2D eigenvalue weighted by atomic mass is 16.6. The Morgan fingerprint density at radius 1 is 1.03 bits per heavy atom. The topological polar surface area (TPSA) is 134 Å². The first-order valence-corrected chi connectivity index (χ1v) is 13.7. The molecule has 1 aromatic rings. The van der Waals surface area contributed by atoms with E-state index >= 15 is 0 Å². The molecular weight excluding hydrogens is 502 g/mol. The van der Waals surface area contributed by atoms with Crippen molar-refractivity contribution in [2.24, 2.45) is 11.8 Å². The Hall–Kier alpha value is -3.14. The van der Waals surface area contributed by atoms with Crippen LogP contribution in [-0.4, -0.2) is 70.3 Å². The van der Waals surface area contributed by atoms with Crippen LogP contribution in [0.1, 0.15) is 73.3 Å². The first-order valence-electron chi connectivity index (χ1n) is 13.7. The van der Waals surface area contributed by atoms with E-state index in [1.54, 1.807) is 34.6 Å². The highest BCUT2D eigenvalue weighted by Gasteiger charge is 2.40. The number of nitrogens with zero attached hydrogens (tertiary/aromatic N) is 1. The van der Waals surface area contributed by atoms with E-state index in [2.05, 4.69) is 10.6 Å². The van der Waals surface area contributed by atoms with Gasteiger partial charge in [-0.2, -0.15) is 0 Å². The van der Waals surface area contributed by atoms with Crippen molar-refractivity contribution in [3.8, 4) is 0 Å². The summed E-state index contributed by atoms with van der Waals surface area (Å²) in [7, 11) is 0. The third-order valence-corrected chi connectivity index (χ3v) is 6.34. The van der Waals surface area contributed by atoms with Gasteiger partial charge in [-0.1, -0.05) is 58.0 Å². The number of esters is 1. The van der Waals surface area contributed by atoms with E-state index in [-0.39, 0.29) is 24.9 Å². The van der Waals surface area contributed by atoms with Crippen molar-refractivity contribution >= 4 is 23.9 Å². The number of carbonyl (C=O) groups excluding carboxylic acids is 4. The lowest BCUT2D eigenvalue weighted by Gasteiger charge is -2.31. The van der Waals surface area contributed by atoms with E-state index in [1.807, 2.05) is 44.2 Å². The molecular formula is C29H45N3O7. The molecule has 1 aliphatic rings. The number of amides is 3. The molecule has 2 rings (SSSR count). The summed E-state index contributed by atoms with van der Waals surface area (Å²) in [6.07, 6.45) is -0.807. The maximum Gasteiger partial charge on any atom is 0.410 e. The molecule has 0 saturated carbocycles. The molecule has 0 spiro atoms. The third-order valence-electron chi connectivity index (χ3n) is 6.34. The molecule has 0 radical (unpaired) electrons. The number of nitrogens with one attached hydrogen (secondary N) is 2. The summed E-state index contributed by atoms with van der Waals surface area (Å²) in [6, 6.07) is 6.55. The minimum absolute atomic E-state index is 0.0328. The van der Waals surface area contributed by atoms with E-state index in [9.17, 15) is 24.3 Å². The minimum Gasteiger partial charge on any atom is -0.459 e. The molecule has 10 nitrogen and oxygen atoms in total. The van der Waals surface area contributed by atoms with Crippen molar-refractivity contribution in [1.82, 2.24) is 15.5 Å². The Kier molecular flexibility index (Phi) is 11.8. The van der Waals surface area contributed by atoms with Gasteiger partial charge < -0.3 is 30.1 Å². The van der Waals surface area contributed by atoms with E-state index in [1.165, 1.54) is 4.90 Å². The molecule has 1 fully saturated rings. The van der Waals surface area contributed by atoms with Gasteiger partial charge in [0.2, 0.25) is 5.91 Å². The van der Waals surface area contributed by atoms with Crippen LogP contribution in [0.15, 0.2) is 30.3 Å². The number of hydrogen-bond acceptors (Lipinski definition) is 7. The van der Waals surface area contributed by atoms with E-state index in [0.29, 0.717) is 19.4 Å². The minimum atomic E-state index is -1.54. The lowest BCUT2D eigenvalue weighted by Crippen LogP contribution is -2.57. The quantitative estimate of drug-likeness (QED) is 0.362. The second-order valence-electron chi connectivity index (χ2n) is 11.8. The van der Waals surface area contributed by atoms with Crippen molar-refractivity contribution < 1.29 is 33.8 Å². The monoisotopic (exact) mass is 547 g/mol. The summed E-state index contributed by atoms with van der Waals surface area (Å²) < 4.78 is 10.9. The predicted octanol–water partition coefficient (Wildman–Crippen LogP) is 3.16. The molecule has 218 valence electrons. The number of ether oxygens (including phenoxy) is 2. The van der Waals surface area contributed by atoms with Gasteiger partial charge in [0, 0.05) is 6.54 Å². The van der Waals surface area contributed by atoms with Gasteiger partial charge in [-0.15, -0.1) is 0 Å². The number of rotatable bonds is 11. The van der Waals surface area contributed by atoms with Crippen molar-refractivity contribution in [2.75, 3.05) is 6.54 Å². The van der Waals surface area contributed by atoms with Crippen LogP contribution in [0.2, 0.25) is 0 Å². The standard InChI is InChI=1S/C29H45N3O7/c1-18(2)16-21(25(34)31-23(19(3)4)27(36)38-17-20-12-9-8-10-13-20)30-26(35)24(33)22-14-11-15-32(22)28(37)39-29(5,6)7/h8-10,12-13,18-19,21-24,33H,11,14-17H2,1-7H3,(H,30,35)(H,31,34)/t21-,22?,23?,24?/m1/s1. The van der Waals surface area contributed by atoms with Gasteiger partial charge in [0.15, 0.2) is 6.10 Å². The largest absolute Gasteiger partial charge is 0.459 e.